The van der Waals surface area contributed by atoms with Gasteiger partial charge < -0.3 is 16.0 Å². The van der Waals surface area contributed by atoms with Gasteiger partial charge in [0, 0.05) is 24.5 Å². The maximum absolute atomic E-state index is 4.82. The maximum Gasteiger partial charge on any atom is 0.138 e. The third kappa shape index (κ3) is 6.36. The van der Waals surface area contributed by atoms with Crippen molar-refractivity contribution >= 4 is 22.3 Å². The van der Waals surface area contributed by atoms with Gasteiger partial charge in [-0.3, -0.25) is 0 Å². The van der Waals surface area contributed by atoms with E-state index in [-0.39, 0.29) is 6.04 Å². The number of benzene rings is 2. The second-order valence-corrected chi connectivity index (χ2v) is 9.01. The monoisotopic (exact) mass is 471 g/mol. The van der Waals surface area contributed by atoms with Crippen LogP contribution in [0.2, 0.25) is 0 Å². The van der Waals surface area contributed by atoms with Crippen LogP contribution in [0.4, 0.5) is 5.82 Å². The molecule has 0 saturated heterocycles. The molecule has 186 valence electrons. The highest BCUT2D eigenvalue weighted by Gasteiger charge is 2.15. The Hall–Kier alpha value is -3.02. The quantitative estimate of drug-likeness (QED) is 0.292. The summed E-state index contributed by atoms with van der Waals surface area (Å²) >= 11 is 0. The van der Waals surface area contributed by atoms with Gasteiger partial charge in [0.05, 0.1) is 5.52 Å². The van der Waals surface area contributed by atoms with Crippen molar-refractivity contribution in [2.24, 2.45) is 0 Å². The Kier molecular flexibility index (Phi) is 9.58. The minimum absolute atomic E-state index is 0.131. The molecule has 0 radical (unpaired) electrons. The van der Waals surface area contributed by atoms with Gasteiger partial charge in [0.15, 0.2) is 0 Å². The van der Waals surface area contributed by atoms with Crippen molar-refractivity contribution in [3.8, 4) is 0 Å². The van der Waals surface area contributed by atoms with Gasteiger partial charge in [-0.25, -0.2) is 9.97 Å². The molecule has 0 aliphatic rings. The summed E-state index contributed by atoms with van der Waals surface area (Å²) in [7, 11) is 3.98. The van der Waals surface area contributed by atoms with Crippen LogP contribution in [0.15, 0.2) is 54.1 Å². The van der Waals surface area contributed by atoms with Crippen molar-refractivity contribution in [3.63, 3.8) is 0 Å². The van der Waals surface area contributed by atoms with E-state index in [0.717, 1.165) is 48.5 Å². The molecule has 3 N–H and O–H groups in total. The molecule has 35 heavy (non-hydrogen) atoms. The molecule has 0 aliphatic heterocycles. The molecule has 0 amide bonds. The molecule has 1 atom stereocenters. The number of aryl methyl sites for hydroxylation is 2. The number of hydrogen-bond donors (Lipinski definition) is 3. The Bertz CT molecular complexity index is 1210. The number of allylic oxidation sites excluding steroid dienone is 3. The number of hydrogen-bond acceptors (Lipinski definition) is 5. The lowest BCUT2D eigenvalue weighted by atomic mass is 9.94. The number of nitrogens with one attached hydrogen (secondary N) is 3. The zero-order chi connectivity index (χ0) is 25.4. The second-order valence-electron chi connectivity index (χ2n) is 9.01. The van der Waals surface area contributed by atoms with E-state index in [2.05, 4.69) is 92.2 Å². The molecule has 1 heterocycles. The topological polar surface area (TPSA) is 61.9 Å². The zero-order valence-electron chi connectivity index (χ0n) is 22.4. The summed E-state index contributed by atoms with van der Waals surface area (Å²) in [5.41, 5.74) is 8.78. The highest BCUT2D eigenvalue weighted by Crippen LogP contribution is 2.28. The third-order valence-corrected chi connectivity index (χ3v) is 6.54. The van der Waals surface area contributed by atoms with Crippen LogP contribution in [0.25, 0.3) is 16.5 Å². The number of nitrogens with zero attached hydrogens (tertiary/aromatic N) is 2. The fourth-order valence-corrected chi connectivity index (χ4v) is 4.67. The number of rotatable bonds is 11. The minimum atomic E-state index is 0.131. The van der Waals surface area contributed by atoms with Crippen molar-refractivity contribution in [1.29, 1.82) is 0 Å². The van der Waals surface area contributed by atoms with Crippen LogP contribution in [0, 0.1) is 6.92 Å². The fourth-order valence-electron chi connectivity index (χ4n) is 4.67. The summed E-state index contributed by atoms with van der Waals surface area (Å²) in [4.78, 5) is 9.56. The normalized spacial score (nSPS) is 13.3. The number of anilines is 1. The first kappa shape index (κ1) is 26.6. The Labute approximate surface area is 211 Å². The summed E-state index contributed by atoms with van der Waals surface area (Å²) in [6.45, 7) is 12.4. The zero-order valence-corrected chi connectivity index (χ0v) is 22.4. The first-order valence-electron chi connectivity index (χ1n) is 12.8. The molecule has 0 bridgehead atoms. The second kappa shape index (κ2) is 12.6. The Morgan fingerprint density at radius 2 is 1.69 bits per heavy atom. The molecule has 3 rings (SSSR count). The summed E-state index contributed by atoms with van der Waals surface area (Å²) < 4.78 is 0. The average molecular weight is 472 g/mol. The molecular formula is C30H41N5. The Morgan fingerprint density at radius 3 is 2.34 bits per heavy atom. The van der Waals surface area contributed by atoms with E-state index in [1.54, 1.807) is 0 Å². The van der Waals surface area contributed by atoms with Crippen molar-refractivity contribution in [2.45, 2.75) is 66.6 Å². The fraction of sp³-hybridized carbons (Fsp3) is 0.400. The van der Waals surface area contributed by atoms with E-state index in [1.807, 2.05) is 21.0 Å². The summed E-state index contributed by atoms with van der Waals surface area (Å²) in [6.07, 6.45) is 6.48. The summed E-state index contributed by atoms with van der Waals surface area (Å²) in [6, 6.07) is 13.2. The smallest absolute Gasteiger partial charge is 0.138 e. The predicted octanol–water partition coefficient (Wildman–Crippen LogP) is 6.18. The molecule has 3 aromatic rings. The highest BCUT2D eigenvalue weighted by atomic mass is 15.0. The van der Waals surface area contributed by atoms with E-state index in [9.17, 15) is 0 Å². The third-order valence-electron chi connectivity index (χ3n) is 6.54. The van der Waals surface area contributed by atoms with Crippen LogP contribution in [-0.2, 0) is 19.5 Å². The van der Waals surface area contributed by atoms with E-state index < -0.39 is 0 Å². The lowest BCUT2D eigenvalue weighted by molar-refractivity contribution is 0.806. The standard InChI is InChI=1S/C30H41N5/c1-8-22(15-24(10-3)27-14-12-11-13-25(27)18-31-6)20(4)33-30-28-16-23(9-2)26(19-32-7)17-29(28)34-21(5)35-30/h10-17,20,31-32H,8-9,18-19H2,1-7H3,(H,33,34,35)/b22-15+,24-10+. The van der Waals surface area contributed by atoms with Gasteiger partial charge in [0.2, 0.25) is 0 Å². The molecular weight excluding hydrogens is 430 g/mol. The summed E-state index contributed by atoms with van der Waals surface area (Å²) in [5, 5.41) is 11.4. The highest BCUT2D eigenvalue weighted by molar-refractivity contribution is 5.90. The predicted molar refractivity (Wildman–Crippen MR) is 151 cm³/mol. The van der Waals surface area contributed by atoms with E-state index in [0.29, 0.717) is 0 Å². The van der Waals surface area contributed by atoms with Crippen molar-refractivity contribution in [2.75, 3.05) is 19.4 Å². The number of fused-ring (bicyclic) bond motifs is 1. The van der Waals surface area contributed by atoms with Crippen molar-refractivity contribution in [1.82, 2.24) is 20.6 Å². The van der Waals surface area contributed by atoms with Gasteiger partial charge in [-0.15, -0.1) is 0 Å². The Morgan fingerprint density at radius 1 is 0.971 bits per heavy atom. The average Bonchev–Trinajstić information content (AvgIpc) is 2.85. The van der Waals surface area contributed by atoms with E-state index >= 15 is 0 Å². The first-order valence-corrected chi connectivity index (χ1v) is 12.8. The Balaban J connectivity index is 1.99. The molecule has 2 aromatic carbocycles. The van der Waals surface area contributed by atoms with Crippen molar-refractivity contribution in [3.05, 3.63) is 82.2 Å². The SMILES string of the molecule is C/C=C(\C=C(/CC)C(C)Nc1nc(C)nc2cc(CNC)c(CC)cc12)c1ccccc1CNC. The van der Waals surface area contributed by atoms with Crippen LogP contribution < -0.4 is 16.0 Å². The lowest BCUT2D eigenvalue weighted by Crippen LogP contribution is -2.20. The minimum Gasteiger partial charge on any atom is -0.363 e. The van der Waals surface area contributed by atoms with Crippen LogP contribution in [0.3, 0.4) is 0 Å². The molecule has 0 fully saturated rings. The van der Waals surface area contributed by atoms with E-state index in [4.69, 9.17) is 9.97 Å². The van der Waals surface area contributed by atoms with Crippen LogP contribution in [0.5, 0.6) is 0 Å². The molecule has 1 unspecified atom stereocenters. The molecule has 5 nitrogen and oxygen atoms in total. The van der Waals surface area contributed by atoms with E-state index in [1.165, 1.54) is 33.4 Å². The van der Waals surface area contributed by atoms with Gasteiger partial charge >= 0.3 is 0 Å². The molecule has 0 aliphatic carbocycles. The van der Waals surface area contributed by atoms with Crippen LogP contribution >= 0.6 is 0 Å². The lowest BCUT2D eigenvalue weighted by Gasteiger charge is -2.21. The van der Waals surface area contributed by atoms with Crippen molar-refractivity contribution < 1.29 is 0 Å². The van der Waals surface area contributed by atoms with Gasteiger partial charge in [-0.05, 0) is 93.2 Å². The van der Waals surface area contributed by atoms with Gasteiger partial charge in [0.25, 0.3) is 0 Å². The molecule has 5 heteroatoms. The maximum atomic E-state index is 4.82. The largest absolute Gasteiger partial charge is 0.363 e. The first-order chi connectivity index (χ1) is 16.9. The van der Waals surface area contributed by atoms with Gasteiger partial charge in [0.1, 0.15) is 11.6 Å². The van der Waals surface area contributed by atoms with Gasteiger partial charge in [-0.2, -0.15) is 0 Å². The van der Waals surface area contributed by atoms with Crippen LogP contribution in [0.1, 0.15) is 62.2 Å². The van der Waals surface area contributed by atoms with Gasteiger partial charge in [-0.1, -0.05) is 50.3 Å². The van der Waals surface area contributed by atoms with Crippen LogP contribution in [-0.4, -0.2) is 30.1 Å². The molecule has 0 saturated carbocycles. The molecule has 0 spiro atoms. The molecule has 1 aromatic heterocycles. The number of aromatic nitrogens is 2. The summed E-state index contributed by atoms with van der Waals surface area (Å²) in [5.74, 6) is 1.69.